The molecule has 1 fully saturated rings. The minimum absolute atomic E-state index is 0.182. The van der Waals surface area contributed by atoms with Crippen LogP contribution in [-0.2, 0) is 9.84 Å². The Morgan fingerprint density at radius 2 is 2.20 bits per heavy atom. The first kappa shape index (κ1) is 17.4. The van der Waals surface area contributed by atoms with Gasteiger partial charge in [-0.15, -0.1) is 0 Å². The van der Waals surface area contributed by atoms with E-state index in [1.54, 1.807) is 0 Å². The van der Waals surface area contributed by atoms with Crippen LogP contribution in [0.4, 0.5) is 0 Å². The molecule has 0 radical (unpaired) electrons. The van der Waals surface area contributed by atoms with Gasteiger partial charge in [0, 0.05) is 18.8 Å². The van der Waals surface area contributed by atoms with Crippen molar-refractivity contribution in [2.45, 2.75) is 50.6 Å². The lowest BCUT2D eigenvalue weighted by Crippen LogP contribution is -2.52. The summed E-state index contributed by atoms with van der Waals surface area (Å²) >= 11 is 0. The third kappa shape index (κ3) is 5.39. The number of nitriles is 1. The van der Waals surface area contributed by atoms with Crippen LogP contribution in [0.1, 0.15) is 39.0 Å². The van der Waals surface area contributed by atoms with Crippen LogP contribution in [0.5, 0.6) is 0 Å². The van der Waals surface area contributed by atoms with Gasteiger partial charge in [0.15, 0.2) is 0 Å². The highest BCUT2D eigenvalue weighted by molar-refractivity contribution is 7.90. The molecule has 2 atom stereocenters. The fourth-order valence-corrected chi connectivity index (χ4v) is 3.40. The summed E-state index contributed by atoms with van der Waals surface area (Å²) < 4.78 is 22.5. The monoisotopic (exact) mass is 301 g/mol. The zero-order valence-corrected chi connectivity index (χ0v) is 13.7. The molecular formula is C14H27N3O2S. The molecule has 0 saturated heterocycles. The minimum Gasteiger partial charge on any atom is -0.302 e. The van der Waals surface area contributed by atoms with Gasteiger partial charge in [-0.25, -0.2) is 8.42 Å². The second kappa shape index (κ2) is 7.39. The molecule has 2 unspecified atom stereocenters. The molecule has 1 rings (SSSR count). The molecule has 1 N–H and O–H groups in total. The zero-order chi connectivity index (χ0) is 15.2. The van der Waals surface area contributed by atoms with Gasteiger partial charge in [0.25, 0.3) is 0 Å². The van der Waals surface area contributed by atoms with Crippen LogP contribution in [0.3, 0.4) is 0 Å². The quantitative estimate of drug-likeness (QED) is 0.764. The summed E-state index contributed by atoms with van der Waals surface area (Å²) in [5.41, 5.74) is -0.432. The van der Waals surface area contributed by atoms with Crippen molar-refractivity contribution < 1.29 is 8.42 Å². The van der Waals surface area contributed by atoms with Crippen molar-refractivity contribution in [2.24, 2.45) is 0 Å². The highest BCUT2D eigenvalue weighted by Gasteiger charge is 2.37. The van der Waals surface area contributed by atoms with Gasteiger partial charge in [-0.2, -0.15) is 5.26 Å². The lowest BCUT2D eigenvalue weighted by molar-refractivity contribution is 0.150. The lowest BCUT2D eigenvalue weighted by atomic mass is 9.79. The summed E-state index contributed by atoms with van der Waals surface area (Å²) in [5, 5.41) is 12.9. The first-order chi connectivity index (χ1) is 9.32. The maximum Gasteiger partial charge on any atom is 0.148 e. The van der Waals surface area contributed by atoms with Gasteiger partial charge in [0.05, 0.1) is 11.8 Å². The van der Waals surface area contributed by atoms with Crippen LogP contribution in [0.25, 0.3) is 0 Å². The van der Waals surface area contributed by atoms with Crippen LogP contribution >= 0.6 is 0 Å². The highest BCUT2D eigenvalue weighted by atomic mass is 32.2. The number of sulfone groups is 1. The molecular weight excluding hydrogens is 274 g/mol. The van der Waals surface area contributed by atoms with Crippen molar-refractivity contribution in [2.75, 3.05) is 32.1 Å². The Morgan fingerprint density at radius 3 is 2.75 bits per heavy atom. The molecule has 20 heavy (non-hydrogen) atoms. The van der Waals surface area contributed by atoms with E-state index in [0.717, 1.165) is 38.6 Å². The fourth-order valence-electron chi connectivity index (χ4n) is 2.78. The van der Waals surface area contributed by atoms with Gasteiger partial charge in [0.2, 0.25) is 0 Å². The van der Waals surface area contributed by atoms with Crippen molar-refractivity contribution in [1.29, 1.82) is 5.26 Å². The summed E-state index contributed by atoms with van der Waals surface area (Å²) in [7, 11) is -0.967. The molecule has 1 aliphatic rings. The topological polar surface area (TPSA) is 73.2 Å². The summed E-state index contributed by atoms with van der Waals surface area (Å²) in [6, 6.07) is 2.74. The largest absolute Gasteiger partial charge is 0.302 e. The van der Waals surface area contributed by atoms with Crippen LogP contribution in [-0.4, -0.2) is 57.0 Å². The van der Waals surface area contributed by atoms with Gasteiger partial charge < -0.3 is 4.90 Å². The third-order valence-corrected chi connectivity index (χ3v) is 5.01. The summed E-state index contributed by atoms with van der Waals surface area (Å²) in [6.45, 7) is 3.49. The highest BCUT2D eigenvalue weighted by Crippen LogP contribution is 2.30. The van der Waals surface area contributed by atoms with E-state index in [4.69, 9.17) is 0 Å². The SMILES string of the molecule is CCCNC1(C#N)CCCC(N(C)CCS(C)(=O)=O)C1. The predicted molar refractivity (Wildman–Crippen MR) is 81.2 cm³/mol. The van der Waals surface area contributed by atoms with Crippen molar-refractivity contribution in [1.82, 2.24) is 10.2 Å². The van der Waals surface area contributed by atoms with E-state index < -0.39 is 15.4 Å². The van der Waals surface area contributed by atoms with E-state index >= 15 is 0 Å². The number of hydrogen-bond acceptors (Lipinski definition) is 5. The molecule has 0 aromatic carbocycles. The van der Waals surface area contributed by atoms with E-state index in [2.05, 4.69) is 23.2 Å². The summed E-state index contributed by atoms with van der Waals surface area (Å²) in [6.07, 6.45) is 6.00. The average Bonchev–Trinajstić information content (AvgIpc) is 2.42. The first-order valence-electron chi connectivity index (χ1n) is 7.36. The van der Waals surface area contributed by atoms with Crippen LogP contribution in [0.2, 0.25) is 0 Å². The molecule has 0 amide bonds. The van der Waals surface area contributed by atoms with Crippen molar-refractivity contribution >= 4 is 9.84 Å². The second-order valence-corrected chi connectivity index (χ2v) is 8.24. The Bertz CT molecular complexity index is 444. The van der Waals surface area contributed by atoms with Gasteiger partial charge in [0.1, 0.15) is 15.4 Å². The second-order valence-electron chi connectivity index (χ2n) is 5.98. The molecule has 5 nitrogen and oxygen atoms in total. The molecule has 0 heterocycles. The standard InChI is InChI=1S/C14H27N3O2S/c1-4-8-16-14(12-15)7-5-6-13(11-14)17(2)9-10-20(3,18)19/h13,16H,4-11H2,1-3H3. The first-order valence-corrected chi connectivity index (χ1v) is 9.42. The molecule has 1 saturated carbocycles. The maximum absolute atomic E-state index is 11.3. The van der Waals surface area contributed by atoms with E-state index in [1.807, 2.05) is 7.05 Å². The van der Waals surface area contributed by atoms with Gasteiger partial charge in [-0.05, 0) is 45.7 Å². The molecule has 0 aromatic heterocycles. The average molecular weight is 301 g/mol. The molecule has 6 heteroatoms. The lowest BCUT2D eigenvalue weighted by Gasteiger charge is -2.40. The molecule has 0 aromatic rings. The zero-order valence-electron chi connectivity index (χ0n) is 12.9. The molecule has 0 bridgehead atoms. The van der Waals surface area contributed by atoms with Gasteiger partial charge in [-0.1, -0.05) is 6.92 Å². The van der Waals surface area contributed by atoms with Gasteiger partial charge in [-0.3, -0.25) is 5.32 Å². The number of hydrogen-bond donors (Lipinski definition) is 1. The number of nitrogens with zero attached hydrogens (tertiary/aromatic N) is 2. The van der Waals surface area contributed by atoms with E-state index in [1.165, 1.54) is 6.26 Å². The van der Waals surface area contributed by atoms with Crippen molar-refractivity contribution in [3.8, 4) is 6.07 Å². The third-order valence-electron chi connectivity index (χ3n) is 4.09. The van der Waals surface area contributed by atoms with Crippen molar-refractivity contribution in [3.63, 3.8) is 0 Å². The molecule has 0 aliphatic heterocycles. The Kier molecular flexibility index (Phi) is 6.44. The number of rotatable bonds is 7. The Morgan fingerprint density at radius 1 is 1.50 bits per heavy atom. The van der Waals surface area contributed by atoms with Crippen LogP contribution < -0.4 is 5.32 Å². The van der Waals surface area contributed by atoms with E-state index in [0.29, 0.717) is 6.54 Å². The fraction of sp³-hybridized carbons (Fsp3) is 0.929. The molecule has 1 aliphatic carbocycles. The smallest absolute Gasteiger partial charge is 0.148 e. The van der Waals surface area contributed by atoms with Gasteiger partial charge >= 0.3 is 0 Å². The summed E-state index contributed by atoms with van der Waals surface area (Å²) in [4.78, 5) is 2.10. The normalized spacial score (nSPS) is 27.4. The minimum atomic E-state index is -2.93. The number of nitrogens with one attached hydrogen (secondary N) is 1. The molecule has 116 valence electrons. The molecule has 0 spiro atoms. The van der Waals surface area contributed by atoms with E-state index in [9.17, 15) is 13.7 Å². The maximum atomic E-state index is 11.3. The Labute approximate surface area is 123 Å². The Hall–Kier alpha value is -0.640. The summed E-state index contributed by atoms with van der Waals surface area (Å²) in [5.74, 6) is 0.182. The predicted octanol–water partition coefficient (Wildman–Crippen LogP) is 1.17. The van der Waals surface area contributed by atoms with Crippen LogP contribution in [0, 0.1) is 11.3 Å². The van der Waals surface area contributed by atoms with Crippen molar-refractivity contribution in [3.05, 3.63) is 0 Å². The Balaban J connectivity index is 2.61. The van der Waals surface area contributed by atoms with Crippen LogP contribution in [0.15, 0.2) is 0 Å². The van der Waals surface area contributed by atoms with E-state index in [-0.39, 0.29) is 11.8 Å².